The van der Waals surface area contributed by atoms with Crippen LogP contribution in [0.2, 0.25) is 0 Å². The zero-order valence-corrected chi connectivity index (χ0v) is 22.3. The number of allylic oxidation sites excluding steroid dienone is 1. The summed E-state index contributed by atoms with van der Waals surface area (Å²) in [5, 5.41) is 0. The Morgan fingerprint density at radius 3 is 1.69 bits per heavy atom. The maximum absolute atomic E-state index is 10.7. The molecule has 0 aliphatic carbocycles. The number of hydrogen-bond donors (Lipinski definition) is 0. The number of rotatable bonds is 21. The average molecular weight is 441 g/mol. The molecule has 0 aromatic carbocycles. The van der Waals surface area contributed by atoms with E-state index in [9.17, 15) is 13.0 Å². The molecule has 168 valence electrons. The minimum absolute atomic E-state index is 0. The quantitative estimate of drug-likeness (QED) is 0.0877. The molecule has 6 heteroatoms. The van der Waals surface area contributed by atoms with Gasteiger partial charge in [0, 0.05) is 5.92 Å². The van der Waals surface area contributed by atoms with Crippen LogP contribution in [0.15, 0.2) is 12.2 Å². The van der Waals surface area contributed by atoms with Crippen LogP contribution in [0.5, 0.6) is 0 Å². The van der Waals surface area contributed by atoms with E-state index in [2.05, 4.69) is 30.2 Å². The molecule has 0 aliphatic heterocycles. The van der Waals surface area contributed by atoms with E-state index in [1.807, 2.05) is 0 Å². The molecular weight excluding hydrogens is 395 g/mol. The van der Waals surface area contributed by atoms with E-state index >= 15 is 0 Å². The molecule has 0 amide bonds. The van der Waals surface area contributed by atoms with Gasteiger partial charge in [-0.15, -0.1) is 0 Å². The summed E-state index contributed by atoms with van der Waals surface area (Å²) >= 11 is 0. The van der Waals surface area contributed by atoms with Crippen molar-refractivity contribution in [3.05, 3.63) is 12.2 Å². The fourth-order valence-corrected chi connectivity index (χ4v) is 3.80. The van der Waals surface area contributed by atoms with Crippen LogP contribution < -0.4 is 29.6 Å². The van der Waals surface area contributed by atoms with Crippen LogP contribution in [0, 0.1) is 5.92 Å². The fraction of sp³-hybridized carbons (Fsp3) is 0.913. The summed E-state index contributed by atoms with van der Waals surface area (Å²) < 4.78 is 36.7. The summed E-state index contributed by atoms with van der Waals surface area (Å²) in [6.45, 7) is 4.43. The van der Waals surface area contributed by atoms with Gasteiger partial charge in [0.2, 0.25) is 10.4 Å². The van der Waals surface area contributed by atoms with Gasteiger partial charge in [-0.25, -0.2) is 8.42 Å². The van der Waals surface area contributed by atoms with Crippen molar-refractivity contribution in [2.24, 2.45) is 5.92 Å². The minimum atomic E-state index is -4.60. The predicted molar refractivity (Wildman–Crippen MR) is 118 cm³/mol. The van der Waals surface area contributed by atoms with Crippen LogP contribution in [-0.2, 0) is 14.6 Å². The van der Waals surface area contributed by atoms with Gasteiger partial charge in [0.1, 0.15) is 0 Å². The van der Waals surface area contributed by atoms with Crippen molar-refractivity contribution < 1.29 is 46.7 Å². The smallest absolute Gasteiger partial charge is 0.726 e. The van der Waals surface area contributed by atoms with Crippen molar-refractivity contribution in [3.8, 4) is 0 Å². The third kappa shape index (κ3) is 26.6. The second-order valence-electron chi connectivity index (χ2n) is 8.05. The molecule has 0 bridgehead atoms. The molecule has 0 aliphatic rings. The number of unbranched alkanes of at least 4 members (excludes halogenated alkanes) is 14. The molecule has 1 unspecified atom stereocenters. The van der Waals surface area contributed by atoms with Gasteiger partial charge in [0.05, 0.1) is 6.61 Å². The standard InChI is InChI=1S/C23H46O4S.Na/c1-3-5-7-9-11-12-13-14-15-17-19-21-23(22-27-28(24,25)26)20-18-16-10-8-6-4-2;/h19,21,23H,3-18,20,22H2,1-2H3,(H,24,25,26);/q;+1/p-1/b21-19+;. The predicted octanol–water partition coefficient (Wildman–Crippen LogP) is 4.31. The molecule has 0 N–H and O–H groups in total. The molecule has 4 nitrogen and oxygen atoms in total. The first kappa shape index (κ1) is 31.8. The first-order chi connectivity index (χ1) is 13.5. The van der Waals surface area contributed by atoms with E-state index in [0.717, 1.165) is 25.7 Å². The molecule has 0 saturated carbocycles. The van der Waals surface area contributed by atoms with Gasteiger partial charge < -0.3 is 4.55 Å². The van der Waals surface area contributed by atoms with Crippen LogP contribution in [0.25, 0.3) is 0 Å². The first-order valence-electron chi connectivity index (χ1n) is 11.8. The van der Waals surface area contributed by atoms with Gasteiger partial charge in [-0.3, -0.25) is 4.18 Å². The van der Waals surface area contributed by atoms with Crippen LogP contribution in [-0.4, -0.2) is 19.6 Å². The normalized spacial score (nSPS) is 12.9. The third-order valence-electron chi connectivity index (χ3n) is 5.24. The Bertz CT molecular complexity index is 452. The average Bonchev–Trinajstić information content (AvgIpc) is 2.65. The van der Waals surface area contributed by atoms with E-state index in [1.165, 1.54) is 83.5 Å². The molecule has 0 saturated heterocycles. The zero-order valence-electron chi connectivity index (χ0n) is 19.5. The van der Waals surface area contributed by atoms with Crippen LogP contribution >= 0.6 is 0 Å². The fourth-order valence-electron chi connectivity index (χ4n) is 3.45. The molecule has 0 fully saturated rings. The van der Waals surface area contributed by atoms with E-state index in [4.69, 9.17) is 0 Å². The Morgan fingerprint density at radius 2 is 1.21 bits per heavy atom. The van der Waals surface area contributed by atoms with Gasteiger partial charge in [0.15, 0.2) is 0 Å². The summed E-state index contributed by atoms with van der Waals surface area (Å²) in [4.78, 5) is 0. The summed E-state index contributed by atoms with van der Waals surface area (Å²) in [6.07, 6.45) is 25.2. The Morgan fingerprint density at radius 1 is 0.759 bits per heavy atom. The Kier molecular flexibility index (Phi) is 25.5. The van der Waals surface area contributed by atoms with Crippen LogP contribution in [0.4, 0.5) is 0 Å². The second kappa shape index (κ2) is 23.3. The molecule has 0 radical (unpaired) electrons. The molecular formula is C23H45NaO4S. The third-order valence-corrected chi connectivity index (χ3v) is 5.66. The molecule has 0 aromatic rings. The minimum Gasteiger partial charge on any atom is -0.726 e. The summed E-state index contributed by atoms with van der Waals surface area (Å²) in [7, 11) is -4.60. The molecule has 0 spiro atoms. The van der Waals surface area contributed by atoms with E-state index in [-0.39, 0.29) is 42.1 Å². The van der Waals surface area contributed by atoms with Crippen molar-refractivity contribution in [2.45, 2.75) is 123 Å². The largest absolute Gasteiger partial charge is 1.00 e. The SMILES string of the molecule is CCCCCCCCCCC/C=C/C(CCCCCCCC)COS(=O)(=O)[O-].[Na+]. The molecule has 0 aromatic heterocycles. The van der Waals surface area contributed by atoms with Gasteiger partial charge in [-0.05, 0) is 19.3 Å². The van der Waals surface area contributed by atoms with Crippen molar-refractivity contribution in [1.82, 2.24) is 0 Å². The van der Waals surface area contributed by atoms with Crippen molar-refractivity contribution in [3.63, 3.8) is 0 Å². The first-order valence-corrected chi connectivity index (χ1v) is 13.1. The zero-order chi connectivity index (χ0) is 20.9. The van der Waals surface area contributed by atoms with Gasteiger partial charge in [-0.1, -0.05) is 116 Å². The molecule has 0 rings (SSSR count). The van der Waals surface area contributed by atoms with Crippen molar-refractivity contribution in [1.29, 1.82) is 0 Å². The van der Waals surface area contributed by atoms with E-state index < -0.39 is 10.4 Å². The second-order valence-corrected chi connectivity index (χ2v) is 9.11. The maximum atomic E-state index is 10.7. The van der Waals surface area contributed by atoms with Crippen LogP contribution in [0.1, 0.15) is 123 Å². The Balaban J connectivity index is 0. The topological polar surface area (TPSA) is 66.4 Å². The van der Waals surface area contributed by atoms with Crippen molar-refractivity contribution in [2.75, 3.05) is 6.61 Å². The summed E-state index contributed by atoms with van der Waals surface area (Å²) in [5.74, 6) is 0.0217. The molecule has 0 heterocycles. The van der Waals surface area contributed by atoms with Gasteiger partial charge >= 0.3 is 29.6 Å². The number of hydrogen-bond acceptors (Lipinski definition) is 4. The van der Waals surface area contributed by atoms with Gasteiger partial charge in [-0.2, -0.15) is 0 Å². The summed E-state index contributed by atoms with van der Waals surface area (Å²) in [6, 6.07) is 0. The maximum Gasteiger partial charge on any atom is 1.00 e. The van der Waals surface area contributed by atoms with E-state index in [0.29, 0.717) is 0 Å². The molecule has 29 heavy (non-hydrogen) atoms. The molecule has 1 atom stereocenters. The van der Waals surface area contributed by atoms with Crippen molar-refractivity contribution >= 4 is 10.4 Å². The Hall–Kier alpha value is 0.610. The van der Waals surface area contributed by atoms with Crippen LogP contribution in [0.3, 0.4) is 0 Å². The summed E-state index contributed by atoms with van der Waals surface area (Å²) in [5.41, 5.74) is 0. The van der Waals surface area contributed by atoms with Gasteiger partial charge in [0.25, 0.3) is 0 Å². The monoisotopic (exact) mass is 440 g/mol. The van der Waals surface area contributed by atoms with E-state index in [1.54, 1.807) is 0 Å². The Labute approximate surface area is 203 Å².